The first kappa shape index (κ1) is 21.8. The van der Waals surface area contributed by atoms with Gasteiger partial charge in [-0.15, -0.1) is 0 Å². The van der Waals surface area contributed by atoms with E-state index in [9.17, 15) is 4.79 Å². The van der Waals surface area contributed by atoms with Crippen molar-refractivity contribution < 1.29 is 9.53 Å². The van der Waals surface area contributed by atoms with E-state index < -0.39 is 0 Å². The molecule has 0 atom stereocenters. The molecule has 1 amide bonds. The van der Waals surface area contributed by atoms with E-state index in [1.165, 1.54) is 0 Å². The van der Waals surface area contributed by atoms with Crippen molar-refractivity contribution in [3.05, 3.63) is 89.1 Å². The summed E-state index contributed by atoms with van der Waals surface area (Å²) in [5.74, 6) is 0.635. The van der Waals surface area contributed by atoms with Crippen molar-refractivity contribution >= 4 is 51.6 Å². The summed E-state index contributed by atoms with van der Waals surface area (Å²) >= 11 is 8.17. The van der Waals surface area contributed by atoms with Crippen molar-refractivity contribution in [2.75, 3.05) is 28.7 Å². The average molecular weight is 476 g/mol. The van der Waals surface area contributed by atoms with Crippen LogP contribution in [-0.2, 0) is 4.74 Å². The average Bonchev–Trinajstić information content (AvgIpc) is 2.85. The number of anilines is 2. The Bertz CT molecular complexity index is 1330. The van der Waals surface area contributed by atoms with Crippen molar-refractivity contribution in [3.8, 4) is 11.3 Å². The number of rotatable bonds is 4. The normalized spacial score (nSPS) is 13.8. The first-order valence-corrected chi connectivity index (χ1v) is 12.0. The van der Waals surface area contributed by atoms with Gasteiger partial charge in [-0.25, -0.2) is 0 Å². The van der Waals surface area contributed by atoms with Gasteiger partial charge in [-0.05, 0) is 66.2 Å². The lowest BCUT2D eigenvalue weighted by Gasteiger charge is -2.27. The highest BCUT2D eigenvalue weighted by Crippen LogP contribution is 2.32. The van der Waals surface area contributed by atoms with Gasteiger partial charge in [0.1, 0.15) is 6.73 Å². The summed E-state index contributed by atoms with van der Waals surface area (Å²) in [5, 5.41) is 5.59. The van der Waals surface area contributed by atoms with Crippen LogP contribution in [-0.4, -0.2) is 30.0 Å². The quantitative estimate of drug-likeness (QED) is 0.339. The Kier molecular flexibility index (Phi) is 6.22. The number of pyridine rings is 1. The maximum absolute atomic E-state index is 13.0. The van der Waals surface area contributed by atoms with Gasteiger partial charge in [-0.1, -0.05) is 41.9 Å². The van der Waals surface area contributed by atoms with Crippen molar-refractivity contribution in [3.63, 3.8) is 0 Å². The van der Waals surface area contributed by atoms with Crippen LogP contribution in [0.15, 0.2) is 72.9 Å². The highest BCUT2D eigenvalue weighted by Gasteiger charge is 2.17. The topological polar surface area (TPSA) is 54.5 Å². The SMILES string of the molecule is Cc1ccc(NC(=O)c2ccc(N3COCCS3)cc2Cl)cc1-c1nccc2ccccc12. The number of nitrogens with one attached hydrogen (secondary N) is 1. The fourth-order valence-electron chi connectivity index (χ4n) is 3.87. The van der Waals surface area contributed by atoms with E-state index in [0.717, 1.165) is 45.6 Å². The van der Waals surface area contributed by atoms with E-state index in [-0.39, 0.29) is 5.91 Å². The van der Waals surface area contributed by atoms with Crippen molar-refractivity contribution in [1.29, 1.82) is 0 Å². The maximum Gasteiger partial charge on any atom is 0.257 e. The highest BCUT2D eigenvalue weighted by atomic mass is 35.5. The van der Waals surface area contributed by atoms with Crippen LogP contribution in [0.3, 0.4) is 0 Å². The lowest BCUT2D eigenvalue weighted by molar-refractivity contribution is 0.102. The maximum atomic E-state index is 13.0. The van der Waals surface area contributed by atoms with Gasteiger partial charge < -0.3 is 10.1 Å². The van der Waals surface area contributed by atoms with E-state index >= 15 is 0 Å². The van der Waals surface area contributed by atoms with Gasteiger partial charge in [0, 0.05) is 28.6 Å². The molecule has 1 aliphatic heterocycles. The van der Waals surface area contributed by atoms with Gasteiger partial charge in [-0.3, -0.25) is 14.1 Å². The Morgan fingerprint density at radius 1 is 1.12 bits per heavy atom. The van der Waals surface area contributed by atoms with Gasteiger partial charge in [0.15, 0.2) is 0 Å². The molecule has 33 heavy (non-hydrogen) atoms. The van der Waals surface area contributed by atoms with Crippen LogP contribution in [0, 0.1) is 6.92 Å². The van der Waals surface area contributed by atoms with Gasteiger partial charge in [0.25, 0.3) is 5.91 Å². The number of aryl methyl sites for hydroxylation is 1. The molecule has 0 unspecified atom stereocenters. The molecule has 1 aromatic heterocycles. The number of benzene rings is 3. The minimum absolute atomic E-state index is 0.255. The molecular weight excluding hydrogens is 454 g/mol. The molecule has 1 saturated heterocycles. The number of fused-ring (bicyclic) bond motifs is 1. The second kappa shape index (κ2) is 9.43. The summed E-state index contributed by atoms with van der Waals surface area (Å²) in [6.45, 7) is 3.28. The van der Waals surface area contributed by atoms with Gasteiger partial charge in [0.05, 0.1) is 28.6 Å². The molecule has 0 spiro atoms. The summed E-state index contributed by atoms with van der Waals surface area (Å²) in [5.41, 5.74) is 4.99. The number of nitrogens with zero attached hydrogens (tertiary/aromatic N) is 2. The Morgan fingerprint density at radius 2 is 2.00 bits per heavy atom. The van der Waals surface area contributed by atoms with Gasteiger partial charge in [-0.2, -0.15) is 0 Å². The van der Waals surface area contributed by atoms with E-state index in [1.54, 1.807) is 24.1 Å². The third kappa shape index (κ3) is 4.55. The molecule has 0 bridgehead atoms. The standard InChI is InChI=1S/C26H22ClN3O2S/c1-17-6-7-19(14-23(17)25-21-5-3-2-4-18(21)10-11-28-25)29-26(31)22-9-8-20(15-24(22)27)30-16-32-12-13-33-30/h2-11,14-15H,12-13,16H2,1H3,(H,29,31). The van der Waals surface area contributed by atoms with Crippen molar-refractivity contribution in [1.82, 2.24) is 4.98 Å². The monoisotopic (exact) mass is 475 g/mol. The fraction of sp³-hybridized carbons (Fsp3) is 0.154. The number of hydrogen-bond donors (Lipinski definition) is 1. The number of carbonyl (C=O) groups is 1. The van der Waals surface area contributed by atoms with Crippen LogP contribution in [0.5, 0.6) is 0 Å². The number of amides is 1. The van der Waals surface area contributed by atoms with Gasteiger partial charge >= 0.3 is 0 Å². The van der Waals surface area contributed by atoms with Crippen LogP contribution >= 0.6 is 23.5 Å². The number of halogens is 1. The minimum atomic E-state index is -0.255. The van der Waals surface area contributed by atoms with Crippen molar-refractivity contribution in [2.24, 2.45) is 0 Å². The summed E-state index contributed by atoms with van der Waals surface area (Å²) in [6.07, 6.45) is 1.81. The summed E-state index contributed by atoms with van der Waals surface area (Å²) in [4.78, 5) is 17.6. The van der Waals surface area contributed by atoms with E-state index in [4.69, 9.17) is 16.3 Å². The highest BCUT2D eigenvalue weighted by molar-refractivity contribution is 8.00. The third-order valence-electron chi connectivity index (χ3n) is 5.59. The van der Waals surface area contributed by atoms with E-state index in [2.05, 4.69) is 22.4 Å². The Morgan fingerprint density at radius 3 is 2.82 bits per heavy atom. The molecule has 5 rings (SSSR count). The zero-order chi connectivity index (χ0) is 22.8. The van der Waals surface area contributed by atoms with Crippen LogP contribution in [0.25, 0.3) is 22.0 Å². The van der Waals surface area contributed by atoms with Crippen molar-refractivity contribution in [2.45, 2.75) is 6.92 Å². The third-order valence-corrected chi connectivity index (χ3v) is 6.88. The number of carbonyl (C=O) groups excluding carboxylic acids is 1. The zero-order valence-corrected chi connectivity index (χ0v) is 19.6. The molecule has 1 fully saturated rings. The summed E-state index contributed by atoms with van der Waals surface area (Å²) in [6, 6.07) is 21.5. The first-order valence-electron chi connectivity index (χ1n) is 10.6. The van der Waals surface area contributed by atoms with Crippen LogP contribution in [0.1, 0.15) is 15.9 Å². The zero-order valence-electron chi connectivity index (χ0n) is 18.0. The molecule has 166 valence electrons. The number of aromatic nitrogens is 1. The summed E-state index contributed by atoms with van der Waals surface area (Å²) < 4.78 is 7.52. The van der Waals surface area contributed by atoms with Crippen LogP contribution in [0.2, 0.25) is 5.02 Å². The molecule has 0 aliphatic carbocycles. The second-order valence-corrected chi connectivity index (χ2v) is 9.29. The predicted octanol–water partition coefficient (Wildman–Crippen LogP) is 6.56. The Labute approximate surface area is 201 Å². The second-order valence-electron chi connectivity index (χ2n) is 7.78. The number of ether oxygens (including phenoxy) is 1. The molecule has 0 saturated carbocycles. The molecule has 1 aliphatic rings. The smallest absolute Gasteiger partial charge is 0.257 e. The van der Waals surface area contributed by atoms with Crippen LogP contribution in [0.4, 0.5) is 11.4 Å². The molecule has 5 nitrogen and oxygen atoms in total. The number of hydrogen-bond acceptors (Lipinski definition) is 5. The molecular formula is C26H22ClN3O2S. The molecule has 0 radical (unpaired) electrons. The fourth-order valence-corrected chi connectivity index (χ4v) is 4.96. The minimum Gasteiger partial charge on any atom is -0.359 e. The molecule has 3 aromatic carbocycles. The van der Waals surface area contributed by atoms with E-state index in [1.807, 2.05) is 59.9 Å². The Balaban J connectivity index is 1.41. The lowest BCUT2D eigenvalue weighted by atomic mass is 9.99. The molecule has 2 heterocycles. The van der Waals surface area contributed by atoms with E-state index in [0.29, 0.717) is 23.0 Å². The largest absolute Gasteiger partial charge is 0.359 e. The molecule has 4 aromatic rings. The Hall–Kier alpha value is -3.06. The first-order chi connectivity index (χ1) is 16.1. The summed E-state index contributed by atoms with van der Waals surface area (Å²) in [7, 11) is 0. The lowest BCUT2D eigenvalue weighted by Crippen LogP contribution is -2.25. The predicted molar refractivity (Wildman–Crippen MR) is 137 cm³/mol. The van der Waals surface area contributed by atoms with Crippen LogP contribution < -0.4 is 9.62 Å². The molecule has 7 heteroatoms. The molecule has 1 N–H and O–H groups in total. The van der Waals surface area contributed by atoms with Gasteiger partial charge in [0.2, 0.25) is 0 Å².